The number of primary amides is 1. The Hall–Kier alpha value is -0.730. The van der Waals surface area contributed by atoms with Crippen molar-refractivity contribution in [2.75, 3.05) is 6.54 Å². The van der Waals surface area contributed by atoms with Crippen LogP contribution in [0.5, 0.6) is 0 Å². The average Bonchev–Trinajstić information content (AvgIpc) is 2.03. The minimum absolute atomic E-state index is 0.399. The lowest BCUT2D eigenvalue weighted by molar-refractivity contribution is 0.243. The first kappa shape index (κ1) is 10.4. The minimum Gasteiger partial charge on any atom is -0.352 e. The van der Waals surface area contributed by atoms with Crippen molar-refractivity contribution >= 4 is 6.03 Å². The largest absolute Gasteiger partial charge is 0.352 e. The number of hydrogen-bond acceptors (Lipinski definition) is 1. The van der Waals surface area contributed by atoms with Gasteiger partial charge in [0, 0.05) is 6.54 Å². The Kier molecular flexibility index (Phi) is 4.06. The normalized spacial score (nSPS) is 28.4. The first-order chi connectivity index (χ1) is 6.18. The Morgan fingerprint density at radius 2 is 2.31 bits per heavy atom. The van der Waals surface area contributed by atoms with E-state index in [1.807, 2.05) is 0 Å². The number of urea groups is 1. The van der Waals surface area contributed by atoms with Gasteiger partial charge in [-0.25, -0.2) is 4.79 Å². The van der Waals surface area contributed by atoms with E-state index in [4.69, 9.17) is 5.73 Å². The van der Waals surface area contributed by atoms with E-state index in [1.165, 1.54) is 25.7 Å². The van der Waals surface area contributed by atoms with Crippen molar-refractivity contribution < 1.29 is 4.79 Å². The van der Waals surface area contributed by atoms with E-state index in [-0.39, 0.29) is 0 Å². The molecule has 3 nitrogen and oxygen atoms in total. The van der Waals surface area contributed by atoms with Crippen molar-refractivity contribution in [3.8, 4) is 0 Å². The Labute approximate surface area is 80.1 Å². The highest BCUT2D eigenvalue weighted by molar-refractivity contribution is 5.71. The van der Waals surface area contributed by atoms with Gasteiger partial charge < -0.3 is 11.1 Å². The first-order valence-electron chi connectivity index (χ1n) is 5.21. The molecular weight excluding hydrogens is 164 g/mol. The summed E-state index contributed by atoms with van der Waals surface area (Å²) in [4.78, 5) is 10.4. The van der Waals surface area contributed by atoms with Crippen LogP contribution in [0.3, 0.4) is 0 Å². The maximum atomic E-state index is 10.4. The summed E-state index contributed by atoms with van der Waals surface area (Å²) < 4.78 is 0. The topological polar surface area (TPSA) is 55.1 Å². The van der Waals surface area contributed by atoms with E-state index in [2.05, 4.69) is 12.2 Å². The van der Waals surface area contributed by atoms with Gasteiger partial charge >= 0.3 is 6.03 Å². The summed E-state index contributed by atoms with van der Waals surface area (Å²) in [5, 5.41) is 2.65. The molecule has 0 aromatic rings. The maximum absolute atomic E-state index is 10.4. The van der Waals surface area contributed by atoms with Crippen molar-refractivity contribution in [2.24, 2.45) is 17.6 Å². The summed E-state index contributed by atoms with van der Waals surface area (Å²) in [6.45, 7) is 3.06. The van der Waals surface area contributed by atoms with E-state index >= 15 is 0 Å². The van der Waals surface area contributed by atoms with Crippen LogP contribution in [0.15, 0.2) is 0 Å². The quantitative estimate of drug-likeness (QED) is 0.691. The molecule has 1 aliphatic carbocycles. The minimum atomic E-state index is -0.399. The van der Waals surface area contributed by atoms with Gasteiger partial charge in [-0.3, -0.25) is 0 Å². The average molecular weight is 184 g/mol. The molecule has 0 aliphatic heterocycles. The van der Waals surface area contributed by atoms with Crippen molar-refractivity contribution in [1.29, 1.82) is 0 Å². The lowest BCUT2D eigenvalue weighted by Gasteiger charge is -2.26. The Morgan fingerprint density at radius 3 is 2.92 bits per heavy atom. The predicted molar refractivity (Wildman–Crippen MR) is 53.3 cm³/mol. The molecule has 3 heteroatoms. The fourth-order valence-corrected chi connectivity index (χ4v) is 2.22. The lowest BCUT2D eigenvalue weighted by atomic mass is 9.81. The zero-order chi connectivity index (χ0) is 9.68. The second-order valence-corrected chi connectivity index (χ2v) is 4.22. The molecule has 3 N–H and O–H groups in total. The van der Waals surface area contributed by atoms with Crippen molar-refractivity contribution in [2.45, 2.75) is 39.0 Å². The standard InChI is InChI=1S/C10H20N2O/c1-8-3-2-4-9(7-8)5-6-12-10(11)13/h8-9H,2-7H2,1H3,(H3,11,12,13). The smallest absolute Gasteiger partial charge is 0.312 e. The van der Waals surface area contributed by atoms with Crippen LogP contribution >= 0.6 is 0 Å². The van der Waals surface area contributed by atoms with Gasteiger partial charge in [-0.2, -0.15) is 0 Å². The molecule has 2 unspecified atom stereocenters. The molecule has 0 heterocycles. The molecule has 1 rings (SSSR count). The summed E-state index contributed by atoms with van der Waals surface area (Å²) >= 11 is 0. The number of rotatable bonds is 3. The number of amides is 2. The third kappa shape index (κ3) is 4.15. The predicted octanol–water partition coefficient (Wildman–Crippen LogP) is 1.87. The highest BCUT2D eigenvalue weighted by Gasteiger charge is 2.18. The molecule has 0 saturated heterocycles. The molecule has 2 amide bonds. The highest BCUT2D eigenvalue weighted by atomic mass is 16.2. The number of nitrogens with one attached hydrogen (secondary N) is 1. The summed E-state index contributed by atoms with van der Waals surface area (Å²) in [6.07, 6.45) is 6.46. The van der Waals surface area contributed by atoms with E-state index in [9.17, 15) is 4.79 Å². The number of nitrogens with two attached hydrogens (primary N) is 1. The van der Waals surface area contributed by atoms with Crippen LogP contribution in [0.1, 0.15) is 39.0 Å². The second kappa shape index (κ2) is 5.10. The van der Waals surface area contributed by atoms with E-state index < -0.39 is 6.03 Å². The number of carbonyl (C=O) groups excluding carboxylic acids is 1. The molecule has 0 radical (unpaired) electrons. The van der Waals surface area contributed by atoms with Crippen molar-refractivity contribution in [3.05, 3.63) is 0 Å². The van der Waals surface area contributed by atoms with E-state index in [0.29, 0.717) is 0 Å². The van der Waals surface area contributed by atoms with Gasteiger partial charge in [-0.05, 0) is 24.7 Å². The van der Waals surface area contributed by atoms with Gasteiger partial charge in [0.15, 0.2) is 0 Å². The van der Waals surface area contributed by atoms with Crippen LogP contribution in [-0.2, 0) is 0 Å². The first-order valence-corrected chi connectivity index (χ1v) is 5.21. The summed E-state index contributed by atoms with van der Waals surface area (Å²) in [6, 6.07) is -0.399. The molecule has 0 bridgehead atoms. The number of carbonyl (C=O) groups is 1. The molecule has 0 spiro atoms. The number of hydrogen-bond donors (Lipinski definition) is 2. The molecule has 13 heavy (non-hydrogen) atoms. The Morgan fingerprint density at radius 1 is 1.54 bits per heavy atom. The molecular formula is C10H20N2O. The van der Waals surface area contributed by atoms with E-state index in [1.54, 1.807) is 0 Å². The lowest BCUT2D eigenvalue weighted by Crippen LogP contribution is -2.31. The molecule has 2 atom stereocenters. The van der Waals surface area contributed by atoms with Gasteiger partial charge in [0.1, 0.15) is 0 Å². The third-order valence-electron chi connectivity index (χ3n) is 2.90. The SMILES string of the molecule is CC1CCCC(CCNC(N)=O)C1. The molecule has 1 aliphatic rings. The summed E-state index contributed by atoms with van der Waals surface area (Å²) in [5.41, 5.74) is 4.99. The highest BCUT2D eigenvalue weighted by Crippen LogP contribution is 2.30. The maximum Gasteiger partial charge on any atom is 0.312 e. The third-order valence-corrected chi connectivity index (χ3v) is 2.90. The second-order valence-electron chi connectivity index (χ2n) is 4.22. The monoisotopic (exact) mass is 184 g/mol. The van der Waals surface area contributed by atoms with Gasteiger partial charge in [-0.15, -0.1) is 0 Å². The molecule has 1 fully saturated rings. The van der Waals surface area contributed by atoms with Crippen molar-refractivity contribution in [1.82, 2.24) is 5.32 Å². The summed E-state index contributed by atoms with van der Waals surface area (Å²) in [5.74, 6) is 1.67. The van der Waals surface area contributed by atoms with Crippen LogP contribution < -0.4 is 11.1 Å². The Balaban J connectivity index is 2.10. The van der Waals surface area contributed by atoms with Crippen LogP contribution in [0, 0.1) is 11.8 Å². The fourth-order valence-electron chi connectivity index (χ4n) is 2.22. The van der Waals surface area contributed by atoms with Crippen LogP contribution in [0.25, 0.3) is 0 Å². The van der Waals surface area contributed by atoms with Gasteiger partial charge in [0.25, 0.3) is 0 Å². The zero-order valence-corrected chi connectivity index (χ0v) is 8.38. The van der Waals surface area contributed by atoms with Crippen molar-refractivity contribution in [3.63, 3.8) is 0 Å². The molecule has 0 aromatic carbocycles. The van der Waals surface area contributed by atoms with Gasteiger partial charge in [0.2, 0.25) is 0 Å². The molecule has 76 valence electrons. The Bertz CT molecular complexity index is 170. The molecule has 1 saturated carbocycles. The zero-order valence-electron chi connectivity index (χ0n) is 8.38. The van der Waals surface area contributed by atoms with E-state index in [0.717, 1.165) is 24.8 Å². The fraction of sp³-hybridized carbons (Fsp3) is 0.900. The van der Waals surface area contributed by atoms with Crippen LogP contribution in [0.2, 0.25) is 0 Å². The summed E-state index contributed by atoms with van der Waals surface area (Å²) in [7, 11) is 0. The van der Waals surface area contributed by atoms with Gasteiger partial charge in [0.05, 0.1) is 0 Å². The molecule has 0 aromatic heterocycles. The van der Waals surface area contributed by atoms with Crippen LogP contribution in [0.4, 0.5) is 4.79 Å². The van der Waals surface area contributed by atoms with Gasteiger partial charge in [-0.1, -0.05) is 26.2 Å². The van der Waals surface area contributed by atoms with Crippen LogP contribution in [-0.4, -0.2) is 12.6 Å².